The molecule has 1 fully saturated rings. The van der Waals surface area contributed by atoms with Crippen LogP contribution in [0.25, 0.3) is 0 Å². The largest absolute Gasteiger partial charge is 0.488 e. The first-order valence-electron chi connectivity index (χ1n) is 6.81. The number of hydrogen-bond donors (Lipinski definition) is 0. The zero-order chi connectivity index (χ0) is 14.4. The van der Waals surface area contributed by atoms with Crippen molar-refractivity contribution in [3.05, 3.63) is 29.6 Å². The number of ether oxygens (including phenoxy) is 2. The lowest BCUT2D eigenvalue weighted by molar-refractivity contribution is 0.0256. The van der Waals surface area contributed by atoms with Crippen molar-refractivity contribution in [1.29, 1.82) is 0 Å². The van der Waals surface area contributed by atoms with E-state index in [-0.39, 0.29) is 23.8 Å². The number of alkyl halides is 1. The van der Waals surface area contributed by atoms with Crippen LogP contribution in [0.3, 0.4) is 0 Å². The van der Waals surface area contributed by atoms with Crippen LogP contribution >= 0.6 is 11.6 Å². The van der Waals surface area contributed by atoms with Gasteiger partial charge in [-0.3, -0.25) is 0 Å². The minimum atomic E-state index is -0.376. The highest BCUT2D eigenvalue weighted by atomic mass is 35.5. The van der Waals surface area contributed by atoms with E-state index in [0.29, 0.717) is 18.9 Å². The quantitative estimate of drug-likeness (QED) is 0.622. The van der Waals surface area contributed by atoms with Crippen LogP contribution in [-0.2, 0) is 4.74 Å². The SMILES string of the molecule is CC1CCC(COc2cc(C#CCCCl)ccc2F)O1. The van der Waals surface area contributed by atoms with Crippen LogP contribution in [0.5, 0.6) is 5.75 Å². The van der Waals surface area contributed by atoms with Crippen LogP contribution in [-0.4, -0.2) is 24.7 Å². The lowest BCUT2D eigenvalue weighted by Gasteiger charge is -2.13. The summed E-state index contributed by atoms with van der Waals surface area (Å²) in [6.07, 6.45) is 2.91. The van der Waals surface area contributed by atoms with Crippen molar-refractivity contribution < 1.29 is 13.9 Å². The molecule has 1 heterocycles. The Kier molecular flexibility index (Phi) is 5.70. The first-order chi connectivity index (χ1) is 9.69. The van der Waals surface area contributed by atoms with Crippen LogP contribution < -0.4 is 4.74 Å². The maximum atomic E-state index is 13.7. The molecular weight excluding hydrogens is 279 g/mol. The zero-order valence-electron chi connectivity index (χ0n) is 11.5. The van der Waals surface area contributed by atoms with Gasteiger partial charge in [0.05, 0.1) is 12.2 Å². The highest BCUT2D eigenvalue weighted by molar-refractivity contribution is 6.18. The van der Waals surface area contributed by atoms with E-state index in [1.54, 1.807) is 12.1 Å². The summed E-state index contributed by atoms with van der Waals surface area (Å²) in [5.41, 5.74) is 0.729. The second-order valence-electron chi connectivity index (χ2n) is 4.84. The lowest BCUT2D eigenvalue weighted by atomic mass is 10.2. The third-order valence-corrected chi connectivity index (χ3v) is 3.32. The van der Waals surface area contributed by atoms with E-state index in [1.807, 2.05) is 6.92 Å². The molecular formula is C16H18ClFO2. The molecule has 20 heavy (non-hydrogen) atoms. The van der Waals surface area contributed by atoms with E-state index in [9.17, 15) is 4.39 Å². The molecule has 2 rings (SSSR count). The summed E-state index contributed by atoms with van der Waals surface area (Å²) in [6, 6.07) is 4.63. The molecule has 1 saturated heterocycles. The van der Waals surface area contributed by atoms with Crippen LogP contribution in [0.4, 0.5) is 4.39 Å². The molecule has 1 aromatic carbocycles. The molecule has 0 radical (unpaired) electrons. The molecule has 0 amide bonds. The van der Waals surface area contributed by atoms with Gasteiger partial charge in [0.15, 0.2) is 11.6 Å². The lowest BCUT2D eigenvalue weighted by Crippen LogP contribution is -2.18. The summed E-state index contributed by atoms with van der Waals surface area (Å²) in [5, 5.41) is 0. The smallest absolute Gasteiger partial charge is 0.165 e. The molecule has 0 bridgehead atoms. The van der Waals surface area contributed by atoms with Gasteiger partial charge >= 0.3 is 0 Å². The molecule has 2 atom stereocenters. The van der Waals surface area contributed by atoms with Crippen molar-refractivity contribution in [3.63, 3.8) is 0 Å². The number of halogens is 2. The fraction of sp³-hybridized carbons (Fsp3) is 0.500. The Hall–Kier alpha value is -1.24. The van der Waals surface area contributed by atoms with Gasteiger partial charge in [-0.15, -0.1) is 11.6 Å². The van der Waals surface area contributed by atoms with E-state index in [0.717, 1.165) is 18.4 Å². The average molecular weight is 297 g/mol. The Balaban J connectivity index is 1.96. The Morgan fingerprint density at radius 3 is 3.00 bits per heavy atom. The molecule has 108 valence electrons. The van der Waals surface area contributed by atoms with Gasteiger partial charge in [0.1, 0.15) is 6.61 Å². The monoisotopic (exact) mass is 296 g/mol. The Labute approximate surface area is 124 Å². The van der Waals surface area contributed by atoms with E-state index in [4.69, 9.17) is 21.1 Å². The van der Waals surface area contributed by atoms with Crippen molar-refractivity contribution in [2.24, 2.45) is 0 Å². The number of rotatable bonds is 4. The van der Waals surface area contributed by atoms with E-state index >= 15 is 0 Å². The van der Waals surface area contributed by atoms with E-state index < -0.39 is 0 Å². The third-order valence-electron chi connectivity index (χ3n) is 3.13. The van der Waals surface area contributed by atoms with Gasteiger partial charge in [-0.1, -0.05) is 11.8 Å². The normalized spacial score (nSPS) is 21.4. The third kappa shape index (κ3) is 4.40. The molecule has 1 aromatic rings. The Bertz CT molecular complexity index is 507. The molecule has 1 aliphatic rings. The van der Waals surface area contributed by atoms with Gasteiger partial charge in [-0.05, 0) is 38.0 Å². The minimum absolute atomic E-state index is 0.0513. The molecule has 2 nitrogen and oxygen atoms in total. The second-order valence-corrected chi connectivity index (χ2v) is 5.22. The molecule has 0 N–H and O–H groups in total. The Morgan fingerprint density at radius 2 is 2.30 bits per heavy atom. The fourth-order valence-electron chi connectivity index (χ4n) is 2.09. The average Bonchev–Trinajstić information content (AvgIpc) is 2.85. The maximum Gasteiger partial charge on any atom is 0.165 e. The van der Waals surface area contributed by atoms with Gasteiger partial charge in [0, 0.05) is 17.9 Å². The van der Waals surface area contributed by atoms with Crippen molar-refractivity contribution in [3.8, 4) is 17.6 Å². The van der Waals surface area contributed by atoms with Crippen molar-refractivity contribution >= 4 is 11.6 Å². The topological polar surface area (TPSA) is 18.5 Å². The van der Waals surface area contributed by atoms with E-state index in [2.05, 4.69) is 11.8 Å². The first-order valence-corrected chi connectivity index (χ1v) is 7.35. The highest BCUT2D eigenvalue weighted by Crippen LogP contribution is 2.22. The molecule has 0 aromatic heterocycles. The number of hydrogen-bond acceptors (Lipinski definition) is 2. The van der Waals surface area contributed by atoms with Crippen molar-refractivity contribution in [2.45, 2.75) is 38.4 Å². The molecule has 0 saturated carbocycles. The minimum Gasteiger partial charge on any atom is -0.488 e. The highest BCUT2D eigenvalue weighted by Gasteiger charge is 2.22. The summed E-state index contributed by atoms with van der Waals surface area (Å²) < 4.78 is 24.8. The summed E-state index contributed by atoms with van der Waals surface area (Å²) in [4.78, 5) is 0. The second kappa shape index (κ2) is 7.52. The standard InChI is InChI=1S/C16H18ClFO2/c1-12-5-7-14(20-12)11-19-16-10-13(4-2-3-9-17)6-8-15(16)18/h6,8,10,12,14H,3,5,7,9,11H2,1H3. The van der Waals surface area contributed by atoms with E-state index in [1.165, 1.54) is 6.07 Å². The van der Waals surface area contributed by atoms with Crippen molar-refractivity contribution in [2.75, 3.05) is 12.5 Å². The number of benzene rings is 1. The van der Waals surface area contributed by atoms with Gasteiger partial charge in [0.25, 0.3) is 0 Å². The van der Waals surface area contributed by atoms with Gasteiger partial charge in [0.2, 0.25) is 0 Å². The summed E-state index contributed by atoms with van der Waals surface area (Å²) >= 11 is 5.56. The van der Waals surface area contributed by atoms with Crippen LogP contribution in [0.15, 0.2) is 18.2 Å². The first kappa shape index (κ1) is 15.2. The molecule has 0 spiro atoms. The fourth-order valence-corrected chi connectivity index (χ4v) is 2.19. The van der Waals surface area contributed by atoms with Crippen molar-refractivity contribution in [1.82, 2.24) is 0 Å². The van der Waals surface area contributed by atoms with Crippen LogP contribution in [0.1, 0.15) is 31.7 Å². The van der Waals surface area contributed by atoms with Gasteiger partial charge < -0.3 is 9.47 Å². The van der Waals surface area contributed by atoms with Gasteiger partial charge in [-0.2, -0.15) is 0 Å². The molecule has 0 aliphatic carbocycles. The molecule has 1 aliphatic heterocycles. The Morgan fingerprint density at radius 1 is 1.45 bits per heavy atom. The maximum absolute atomic E-state index is 13.7. The predicted octanol–water partition coefficient (Wildman–Crippen LogP) is 3.75. The van der Waals surface area contributed by atoms with Crippen LogP contribution in [0, 0.1) is 17.7 Å². The summed E-state index contributed by atoms with van der Waals surface area (Å²) in [6.45, 7) is 2.41. The van der Waals surface area contributed by atoms with Gasteiger partial charge in [-0.25, -0.2) is 4.39 Å². The predicted molar refractivity (Wildman–Crippen MR) is 77.7 cm³/mol. The summed E-state index contributed by atoms with van der Waals surface area (Å²) in [7, 11) is 0. The zero-order valence-corrected chi connectivity index (χ0v) is 12.3. The van der Waals surface area contributed by atoms with Crippen LogP contribution in [0.2, 0.25) is 0 Å². The molecule has 4 heteroatoms. The molecule has 2 unspecified atom stereocenters. The summed E-state index contributed by atoms with van der Waals surface area (Å²) in [5.74, 6) is 6.20.